The van der Waals surface area contributed by atoms with E-state index in [0.29, 0.717) is 12.1 Å². The number of hydrogen-bond acceptors (Lipinski definition) is 4. The van der Waals surface area contributed by atoms with Crippen LogP contribution in [0.1, 0.15) is 54.9 Å². The van der Waals surface area contributed by atoms with E-state index in [1.54, 1.807) is 0 Å². The highest BCUT2D eigenvalue weighted by Gasteiger charge is 2.33. The fraction of sp³-hybridized carbons (Fsp3) is 0.769. The molecule has 0 saturated carbocycles. The molecular weight excluding hydrogens is 264 g/mol. The minimum absolute atomic E-state index is 0.0660. The summed E-state index contributed by atoms with van der Waals surface area (Å²) in [6.45, 7) is 0.0974. The van der Waals surface area contributed by atoms with Crippen LogP contribution in [-0.4, -0.2) is 35.4 Å². The Kier molecular flexibility index (Phi) is 3.39. The fourth-order valence-electron chi connectivity index (χ4n) is 3.21. The van der Waals surface area contributed by atoms with Gasteiger partial charge in [0.2, 0.25) is 0 Å². The van der Waals surface area contributed by atoms with Crippen LogP contribution < -0.4 is 0 Å². The summed E-state index contributed by atoms with van der Waals surface area (Å²) in [7, 11) is -3.04. The first-order valence-corrected chi connectivity index (χ1v) is 8.73. The molecule has 2 unspecified atom stereocenters. The van der Waals surface area contributed by atoms with E-state index in [9.17, 15) is 13.5 Å². The van der Waals surface area contributed by atoms with Gasteiger partial charge in [0.15, 0.2) is 9.84 Å². The van der Waals surface area contributed by atoms with E-state index in [-0.39, 0.29) is 18.4 Å². The third-order valence-electron chi connectivity index (χ3n) is 4.28. The van der Waals surface area contributed by atoms with E-state index in [1.807, 2.05) is 10.8 Å². The quantitative estimate of drug-likeness (QED) is 0.891. The van der Waals surface area contributed by atoms with Gasteiger partial charge in [-0.25, -0.2) is 13.4 Å². The molecule has 3 heterocycles. The van der Waals surface area contributed by atoms with E-state index < -0.39 is 15.1 Å². The molecule has 0 spiro atoms. The first kappa shape index (κ1) is 13.1. The van der Waals surface area contributed by atoms with Crippen LogP contribution in [0.15, 0.2) is 6.20 Å². The predicted molar refractivity (Wildman–Crippen MR) is 71.7 cm³/mol. The fourth-order valence-corrected chi connectivity index (χ4v) is 5.11. The van der Waals surface area contributed by atoms with E-state index in [2.05, 4.69) is 4.98 Å². The number of fused-ring (bicyclic) bond motifs is 1. The highest BCUT2D eigenvalue weighted by molar-refractivity contribution is 7.91. The van der Waals surface area contributed by atoms with Crippen LogP contribution in [-0.2, 0) is 16.3 Å². The molecule has 1 aromatic heterocycles. The Balaban J connectivity index is 1.96. The van der Waals surface area contributed by atoms with Crippen molar-refractivity contribution in [1.29, 1.82) is 0 Å². The van der Waals surface area contributed by atoms with Gasteiger partial charge in [0.1, 0.15) is 11.1 Å². The van der Waals surface area contributed by atoms with Gasteiger partial charge in [0.25, 0.3) is 0 Å². The van der Waals surface area contributed by atoms with Gasteiger partial charge in [-0.15, -0.1) is 0 Å². The van der Waals surface area contributed by atoms with Gasteiger partial charge in [-0.2, -0.15) is 0 Å². The van der Waals surface area contributed by atoms with Crippen LogP contribution in [0.2, 0.25) is 0 Å². The van der Waals surface area contributed by atoms with Crippen molar-refractivity contribution in [2.75, 3.05) is 12.4 Å². The second-order valence-electron chi connectivity index (χ2n) is 5.57. The molecule has 19 heavy (non-hydrogen) atoms. The standard InChI is InChI=1S/C13H20N2O3S/c16-9-10-4-3-6-13-14-11(8-15(10)13)12-5-1-2-7-19(12,17)18/h8,10,12,16H,1-7,9H2. The normalized spacial score (nSPS) is 29.9. The lowest BCUT2D eigenvalue weighted by Crippen LogP contribution is -2.22. The molecule has 3 rings (SSSR count). The summed E-state index contributed by atoms with van der Waals surface area (Å²) >= 11 is 0. The van der Waals surface area contributed by atoms with Gasteiger partial charge in [0, 0.05) is 12.6 Å². The van der Waals surface area contributed by atoms with Crippen molar-refractivity contribution < 1.29 is 13.5 Å². The molecule has 0 bridgehead atoms. The predicted octanol–water partition coefficient (Wildman–Crippen LogP) is 1.39. The Morgan fingerprint density at radius 1 is 1.32 bits per heavy atom. The average Bonchev–Trinajstić information content (AvgIpc) is 2.81. The minimum atomic E-state index is -3.04. The van der Waals surface area contributed by atoms with Crippen molar-refractivity contribution in [3.63, 3.8) is 0 Å². The van der Waals surface area contributed by atoms with Gasteiger partial charge in [-0.05, 0) is 25.7 Å². The molecule has 5 nitrogen and oxygen atoms in total. The molecule has 0 aliphatic carbocycles. The molecule has 2 aliphatic heterocycles. The number of aromatic nitrogens is 2. The summed E-state index contributed by atoms with van der Waals surface area (Å²) in [5, 5.41) is 8.96. The zero-order valence-electron chi connectivity index (χ0n) is 11.0. The van der Waals surface area contributed by atoms with E-state index in [0.717, 1.165) is 37.9 Å². The second-order valence-corrected chi connectivity index (χ2v) is 7.87. The molecule has 106 valence electrons. The van der Waals surface area contributed by atoms with Gasteiger partial charge in [0.05, 0.1) is 24.1 Å². The summed E-state index contributed by atoms with van der Waals surface area (Å²) in [6, 6.07) is 0.0660. The smallest absolute Gasteiger partial charge is 0.158 e. The highest BCUT2D eigenvalue weighted by atomic mass is 32.2. The largest absolute Gasteiger partial charge is 0.394 e. The lowest BCUT2D eigenvalue weighted by atomic mass is 10.1. The maximum atomic E-state index is 12.1. The maximum absolute atomic E-state index is 12.1. The summed E-state index contributed by atoms with van der Waals surface area (Å²) < 4.78 is 26.3. The van der Waals surface area contributed by atoms with E-state index >= 15 is 0 Å². The van der Waals surface area contributed by atoms with Gasteiger partial charge in [-0.1, -0.05) is 6.42 Å². The van der Waals surface area contributed by atoms with Gasteiger partial charge < -0.3 is 9.67 Å². The van der Waals surface area contributed by atoms with Crippen LogP contribution in [0.5, 0.6) is 0 Å². The Bertz CT molecular complexity index is 564. The monoisotopic (exact) mass is 284 g/mol. The summed E-state index contributed by atoms with van der Waals surface area (Å²) in [5.74, 6) is 1.21. The SMILES string of the molecule is O=S1(=O)CCCCC1c1cn2c(n1)CCCC2CO. The van der Waals surface area contributed by atoms with Gasteiger partial charge >= 0.3 is 0 Å². The molecule has 1 aromatic rings. The first-order valence-electron chi connectivity index (χ1n) is 7.02. The topological polar surface area (TPSA) is 72.2 Å². The van der Waals surface area contributed by atoms with Crippen molar-refractivity contribution in [1.82, 2.24) is 9.55 Å². The number of aryl methyl sites for hydroxylation is 1. The van der Waals surface area contributed by atoms with Crippen molar-refractivity contribution >= 4 is 9.84 Å². The zero-order chi connectivity index (χ0) is 13.5. The lowest BCUT2D eigenvalue weighted by molar-refractivity contribution is 0.206. The Morgan fingerprint density at radius 2 is 2.16 bits per heavy atom. The number of sulfone groups is 1. The van der Waals surface area contributed by atoms with Crippen LogP contribution in [0.4, 0.5) is 0 Å². The molecule has 6 heteroatoms. The van der Waals surface area contributed by atoms with E-state index in [4.69, 9.17) is 0 Å². The Hall–Kier alpha value is -0.880. The van der Waals surface area contributed by atoms with Crippen molar-refractivity contribution in [3.8, 4) is 0 Å². The Morgan fingerprint density at radius 3 is 2.89 bits per heavy atom. The summed E-state index contributed by atoms with van der Waals surface area (Å²) in [6.07, 6.45) is 7.10. The minimum Gasteiger partial charge on any atom is -0.394 e. The number of aliphatic hydroxyl groups is 1. The molecule has 1 N–H and O–H groups in total. The number of aliphatic hydroxyl groups excluding tert-OH is 1. The van der Waals surface area contributed by atoms with Crippen molar-refractivity contribution in [3.05, 3.63) is 17.7 Å². The molecule has 0 radical (unpaired) electrons. The summed E-state index contributed by atoms with van der Waals surface area (Å²) in [4.78, 5) is 4.54. The van der Waals surface area contributed by atoms with Crippen molar-refractivity contribution in [2.24, 2.45) is 0 Å². The van der Waals surface area contributed by atoms with Gasteiger partial charge in [-0.3, -0.25) is 0 Å². The molecular formula is C13H20N2O3S. The molecule has 1 saturated heterocycles. The van der Waals surface area contributed by atoms with Crippen molar-refractivity contribution in [2.45, 2.75) is 49.8 Å². The lowest BCUT2D eigenvalue weighted by Gasteiger charge is -2.23. The third-order valence-corrected chi connectivity index (χ3v) is 6.48. The molecule has 2 aliphatic rings. The Labute approximate surface area is 113 Å². The molecule has 2 atom stereocenters. The molecule has 0 aromatic carbocycles. The molecule has 0 amide bonds. The number of nitrogens with zero attached hydrogens (tertiary/aromatic N) is 2. The van der Waals surface area contributed by atoms with Crippen LogP contribution >= 0.6 is 0 Å². The second kappa shape index (κ2) is 4.90. The maximum Gasteiger partial charge on any atom is 0.158 e. The number of rotatable bonds is 2. The highest BCUT2D eigenvalue weighted by Crippen LogP contribution is 2.35. The number of imidazole rings is 1. The van der Waals surface area contributed by atoms with Crippen LogP contribution in [0, 0.1) is 0 Å². The summed E-state index contributed by atoms with van der Waals surface area (Å²) in [5.41, 5.74) is 0.690. The first-order chi connectivity index (χ1) is 9.12. The number of hydrogen-bond donors (Lipinski definition) is 1. The van der Waals surface area contributed by atoms with E-state index in [1.165, 1.54) is 0 Å². The van der Waals surface area contributed by atoms with Crippen LogP contribution in [0.25, 0.3) is 0 Å². The van der Waals surface area contributed by atoms with Crippen LogP contribution in [0.3, 0.4) is 0 Å². The zero-order valence-corrected chi connectivity index (χ0v) is 11.8. The third kappa shape index (κ3) is 2.31. The average molecular weight is 284 g/mol. The molecule has 1 fully saturated rings.